The molecule has 0 unspecified atom stereocenters. The summed E-state index contributed by atoms with van der Waals surface area (Å²) < 4.78 is 1.03. The maximum Gasteiger partial charge on any atom is 0.255 e. The number of aromatic nitrogens is 2. The van der Waals surface area contributed by atoms with Crippen LogP contribution in [0.4, 0.5) is 0 Å². The third kappa shape index (κ3) is 3.76. The molecule has 0 spiro atoms. The molecule has 3 aromatic rings. The molecule has 3 N–H and O–H groups in total. The van der Waals surface area contributed by atoms with Gasteiger partial charge in [-0.15, -0.1) is 0 Å². The van der Waals surface area contributed by atoms with Gasteiger partial charge in [0.15, 0.2) is 0 Å². The van der Waals surface area contributed by atoms with Gasteiger partial charge in [-0.05, 0) is 49.6 Å². The van der Waals surface area contributed by atoms with Gasteiger partial charge < -0.3 is 10.4 Å². The number of phenols is 1. The summed E-state index contributed by atoms with van der Waals surface area (Å²) in [5.74, 6) is -0.243. The molecule has 124 valence electrons. The second-order valence-electron chi connectivity index (χ2n) is 5.59. The normalized spacial score (nSPS) is 10.9. The van der Waals surface area contributed by atoms with E-state index in [0.29, 0.717) is 12.1 Å². The molecule has 0 aliphatic rings. The second kappa shape index (κ2) is 7.49. The zero-order valence-electron chi connectivity index (χ0n) is 13.1. The number of halogens is 1. The zero-order valence-corrected chi connectivity index (χ0v) is 14.6. The van der Waals surface area contributed by atoms with Gasteiger partial charge in [0.25, 0.3) is 5.91 Å². The number of aromatic amines is 1. The maximum atomic E-state index is 12.0. The monoisotopic (exact) mass is 387 g/mol. The van der Waals surface area contributed by atoms with Crippen molar-refractivity contribution in [3.05, 3.63) is 58.2 Å². The maximum absolute atomic E-state index is 12.0. The minimum atomic E-state index is -0.247. The fourth-order valence-electron chi connectivity index (χ4n) is 2.62. The van der Waals surface area contributed by atoms with Crippen molar-refractivity contribution >= 4 is 32.7 Å². The van der Waals surface area contributed by atoms with Crippen LogP contribution in [0.25, 0.3) is 10.9 Å². The van der Waals surface area contributed by atoms with Gasteiger partial charge in [0, 0.05) is 16.4 Å². The largest absolute Gasteiger partial charge is 0.507 e. The van der Waals surface area contributed by atoms with Crippen molar-refractivity contribution in [1.29, 1.82) is 0 Å². The minimum absolute atomic E-state index is 0.00385. The average molecular weight is 388 g/mol. The molecule has 0 saturated heterocycles. The van der Waals surface area contributed by atoms with Crippen LogP contribution in [0, 0.1) is 0 Å². The van der Waals surface area contributed by atoms with Crippen LogP contribution in [0.3, 0.4) is 0 Å². The van der Waals surface area contributed by atoms with Crippen molar-refractivity contribution in [1.82, 2.24) is 15.5 Å². The fourth-order valence-corrected chi connectivity index (χ4v) is 2.98. The Hall–Kier alpha value is -2.34. The number of H-pyrrole nitrogens is 1. The Bertz CT molecular complexity index is 860. The highest BCUT2D eigenvalue weighted by atomic mass is 79.9. The summed E-state index contributed by atoms with van der Waals surface area (Å²) >= 11 is 3.45. The van der Waals surface area contributed by atoms with Gasteiger partial charge >= 0.3 is 0 Å². The number of amides is 1. The molecule has 6 heteroatoms. The van der Waals surface area contributed by atoms with E-state index in [2.05, 4.69) is 37.5 Å². The van der Waals surface area contributed by atoms with Crippen LogP contribution >= 0.6 is 15.9 Å². The Morgan fingerprint density at radius 1 is 1.21 bits per heavy atom. The molecule has 5 nitrogen and oxygen atoms in total. The Morgan fingerprint density at radius 3 is 2.88 bits per heavy atom. The van der Waals surface area contributed by atoms with Gasteiger partial charge in [-0.3, -0.25) is 9.89 Å². The summed E-state index contributed by atoms with van der Waals surface area (Å²) in [5.41, 5.74) is 2.37. The average Bonchev–Trinajstić information content (AvgIpc) is 2.97. The van der Waals surface area contributed by atoms with Gasteiger partial charge in [-0.2, -0.15) is 5.10 Å². The number of carbonyl (C=O) groups is 1. The predicted molar refractivity (Wildman–Crippen MR) is 97.2 cm³/mol. The number of hydrogen-bond donors (Lipinski definition) is 3. The number of aromatic hydroxyl groups is 1. The summed E-state index contributed by atoms with van der Waals surface area (Å²) in [5, 5.41) is 21.0. The topological polar surface area (TPSA) is 78.0 Å². The molecular weight excluding hydrogens is 370 g/mol. The highest BCUT2D eigenvalue weighted by Crippen LogP contribution is 2.21. The van der Waals surface area contributed by atoms with Crippen molar-refractivity contribution in [3.8, 4) is 5.75 Å². The number of hydrogen-bond acceptors (Lipinski definition) is 3. The van der Waals surface area contributed by atoms with Gasteiger partial charge in [0.2, 0.25) is 0 Å². The summed E-state index contributed by atoms with van der Waals surface area (Å²) in [7, 11) is 0. The molecule has 0 aliphatic heterocycles. The van der Waals surface area contributed by atoms with Crippen molar-refractivity contribution in [2.45, 2.75) is 19.3 Å². The molecule has 0 radical (unpaired) electrons. The molecule has 0 fully saturated rings. The molecule has 0 aliphatic carbocycles. The summed E-state index contributed by atoms with van der Waals surface area (Å²) in [6.07, 6.45) is 2.63. The minimum Gasteiger partial charge on any atom is -0.507 e. The fraction of sp³-hybridized carbons (Fsp3) is 0.222. The molecule has 0 bridgehead atoms. The van der Waals surface area contributed by atoms with Crippen LogP contribution in [0.2, 0.25) is 0 Å². The van der Waals surface area contributed by atoms with Crippen LogP contribution in [0.5, 0.6) is 5.75 Å². The lowest BCUT2D eigenvalue weighted by Gasteiger charge is -2.06. The van der Waals surface area contributed by atoms with Gasteiger partial charge in [-0.1, -0.05) is 28.1 Å². The highest BCUT2D eigenvalue weighted by molar-refractivity contribution is 9.10. The summed E-state index contributed by atoms with van der Waals surface area (Å²) in [6, 6.07) is 12.6. The SMILES string of the molecule is O=C(NCCCCc1n[nH]c2cc(Br)ccc12)c1ccccc1O. The molecule has 0 saturated carbocycles. The van der Waals surface area contributed by atoms with Crippen LogP contribution < -0.4 is 5.32 Å². The number of nitrogens with one attached hydrogen (secondary N) is 2. The zero-order chi connectivity index (χ0) is 16.9. The second-order valence-corrected chi connectivity index (χ2v) is 6.51. The standard InChI is InChI=1S/C18H18BrN3O2/c19-12-8-9-13-15(21-22-16(13)11-12)6-3-4-10-20-18(24)14-5-1-2-7-17(14)23/h1-2,5,7-9,11,23H,3-4,6,10H2,(H,20,24)(H,21,22). The molecule has 24 heavy (non-hydrogen) atoms. The van der Waals surface area contributed by atoms with E-state index in [4.69, 9.17) is 0 Å². The van der Waals surface area contributed by atoms with Crippen LogP contribution in [0.1, 0.15) is 28.9 Å². The third-order valence-corrected chi connectivity index (χ3v) is 4.37. The number of nitrogens with zero attached hydrogens (tertiary/aromatic N) is 1. The van der Waals surface area contributed by atoms with Crippen molar-refractivity contribution in [2.24, 2.45) is 0 Å². The van der Waals surface area contributed by atoms with Gasteiger partial charge in [0.1, 0.15) is 5.75 Å². The molecule has 3 rings (SSSR count). The summed E-state index contributed by atoms with van der Waals surface area (Å²) in [6.45, 7) is 0.571. The third-order valence-electron chi connectivity index (χ3n) is 3.88. The number of para-hydroxylation sites is 1. The van der Waals surface area contributed by atoms with E-state index in [0.717, 1.165) is 40.3 Å². The van der Waals surface area contributed by atoms with E-state index >= 15 is 0 Å². The van der Waals surface area contributed by atoms with Crippen LogP contribution in [-0.2, 0) is 6.42 Å². The lowest BCUT2D eigenvalue weighted by Crippen LogP contribution is -2.24. The van der Waals surface area contributed by atoms with Gasteiger partial charge in [0.05, 0.1) is 16.8 Å². The number of phenolic OH excluding ortho intramolecular Hbond substituents is 1. The lowest BCUT2D eigenvalue weighted by atomic mass is 10.1. The molecular formula is C18H18BrN3O2. The van der Waals surface area contributed by atoms with E-state index < -0.39 is 0 Å². The number of benzene rings is 2. The van der Waals surface area contributed by atoms with Crippen molar-refractivity contribution < 1.29 is 9.90 Å². The first-order valence-corrected chi connectivity index (χ1v) is 8.63. The molecule has 1 aromatic heterocycles. The number of rotatable bonds is 6. The molecule has 1 heterocycles. The van der Waals surface area contributed by atoms with E-state index in [1.165, 1.54) is 6.07 Å². The molecule has 1 amide bonds. The number of unbranched alkanes of at least 4 members (excludes halogenated alkanes) is 1. The Labute approximate surface area is 148 Å². The lowest BCUT2D eigenvalue weighted by molar-refractivity contribution is 0.0950. The van der Waals surface area contributed by atoms with Crippen LogP contribution in [0.15, 0.2) is 46.9 Å². The first kappa shape index (κ1) is 16.5. The molecule has 2 aromatic carbocycles. The smallest absolute Gasteiger partial charge is 0.255 e. The Balaban J connectivity index is 1.47. The quantitative estimate of drug-likeness (QED) is 0.563. The highest BCUT2D eigenvalue weighted by Gasteiger charge is 2.09. The van der Waals surface area contributed by atoms with E-state index in [-0.39, 0.29) is 11.7 Å². The predicted octanol–water partition coefficient (Wildman–Crippen LogP) is 3.78. The van der Waals surface area contributed by atoms with E-state index in [1.54, 1.807) is 18.2 Å². The van der Waals surface area contributed by atoms with E-state index in [1.807, 2.05) is 12.1 Å². The first-order chi connectivity index (χ1) is 11.6. The van der Waals surface area contributed by atoms with Crippen molar-refractivity contribution in [2.75, 3.05) is 6.54 Å². The Kier molecular flexibility index (Phi) is 5.15. The Morgan fingerprint density at radius 2 is 2.04 bits per heavy atom. The number of aryl methyl sites for hydroxylation is 1. The van der Waals surface area contributed by atoms with E-state index in [9.17, 15) is 9.90 Å². The van der Waals surface area contributed by atoms with Gasteiger partial charge in [-0.25, -0.2) is 0 Å². The van der Waals surface area contributed by atoms with Crippen LogP contribution in [-0.4, -0.2) is 27.8 Å². The summed E-state index contributed by atoms with van der Waals surface area (Å²) in [4.78, 5) is 12.0. The number of carbonyl (C=O) groups excluding carboxylic acids is 1. The molecule has 0 atom stereocenters. The number of fused-ring (bicyclic) bond motifs is 1. The first-order valence-electron chi connectivity index (χ1n) is 7.84. The van der Waals surface area contributed by atoms with Crippen molar-refractivity contribution in [3.63, 3.8) is 0 Å².